The highest BCUT2D eigenvalue weighted by atomic mass is 35.5. The Kier molecular flexibility index (Phi) is 5.17. The monoisotopic (exact) mass is 414 g/mol. The van der Waals surface area contributed by atoms with Crippen molar-refractivity contribution in [1.82, 2.24) is 0 Å². The third-order valence-electron chi connectivity index (χ3n) is 5.27. The van der Waals surface area contributed by atoms with Gasteiger partial charge in [0.1, 0.15) is 0 Å². The molecule has 4 rings (SSSR count). The number of rotatable bonds is 2. The average molecular weight is 415 g/mol. The molecule has 0 aromatic heterocycles. The van der Waals surface area contributed by atoms with Crippen LogP contribution in [0.4, 0.5) is 11.4 Å². The number of nitrogens with zero attached hydrogens (tertiary/aromatic N) is 1. The van der Waals surface area contributed by atoms with Crippen LogP contribution in [0.15, 0.2) is 53.7 Å². The van der Waals surface area contributed by atoms with Crippen molar-refractivity contribution in [3.05, 3.63) is 69.3 Å². The molecule has 0 unspecified atom stereocenters. The van der Waals surface area contributed by atoms with E-state index in [1.807, 2.05) is 37.3 Å². The molecule has 1 aliphatic carbocycles. The highest BCUT2D eigenvalue weighted by Gasteiger charge is 2.39. The van der Waals surface area contributed by atoms with E-state index in [-0.39, 0.29) is 11.7 Å². The summed E-state index contributed by atoms with van der Waals surface area (Å²) in [6.07, 6.45) is 2.32. The first-order valence-electron chi connectivity index (χ1n) is 9.40. The minimum Gasteiger partial charge on any atom is -0.357 e. The number of fused-ring (bicyclic) bond motifs is 1. The zero-order valence-electron chi connectivity index (χ0n) is 15.5. The minimum atomic E-state index is -0.587. The number of amides is 1. The second-order valence-electron chi connectivity index (χ2n) is 7.00. The van der Waals surface area contributed by atoms with Gasteiger partial charge in [-0.15, -0.1) is 0 Å². The van der Waals surface area contributed by atoms with Crippen molar-refractivity contribution in [2.24, 2.45) is 0 Å². The number of halogens is 2. The topological polar surface area (TPSA) is 49.4 Å². The Morgan fingerprint density at radius 2 is 1.96 bits per heavy atom. The number of carbonyl (C=O) groups is 2. The molecule has 0 radical (unpaired) electrons. The minimum absolute atomic E-state index is 0.0477. The molecule has 28 heavy (non-hydrogen) atoms. The average Bonchev–Trinajstić information content (AvgIpc) is 2.82. The maximum absolute atomic E-state index is 13.1. The van der Waals surface area contributed by atoms with Crippen LogP contribution < -0.4 is 10.2 Å². The van der Waals surface area contributed by atoms with Crippen molar-refractivity contribution in [2.75, 3.05) is 10.2 Å². The number of allylic oxidation sites excluding steroid dienone is 1. The Hall–Kier alpha value is -2.30. The fraction of sp³-hybridized carbons (Fsp3) is 0.273. The Morgan fingerprint density at radius 3 is 2.71 bits per heavy atom. The summed E-state index contributed by atoms with van der Waals surface area (Å²) in [6, 6.07) is 12.3. The molecule has 2 aromatic rings. The Bertz CT molecular complexity index is 1000. The molecule has 0 saturated heterocycles. The van der Waals surface area contributed by atoms with Crippen LogP contribution in [0.2, 0.25) is 10.0 Å². The lowest BCUT2D eigenvalue weighted by Crippen LogP contribution is -2.37. The summed E-state index contributed by atoms with van der Waals surface area (Å²) in [5.74, 6) is -0.0242. The molecule has 144 valence electrons. The largest absolute Gasteiger partial charge is 0.357 e. The van der Waals surface area contributed by atoms with Crippen LogP contribution in [-0.2, 0) is 9.59 Å². The number of nitrogens with one attached hydrogen (secondary N) is 1. The normalized spacial score (nSPS) is 18.9. The van der Waals surface area contributed by atoms with Gasteiger partial charge in [-0.05, 0) is 42.7 Å². The zero-order chi connectivity index (χ0) is 19.8. The number of hydrogen-bond acceptors (Lipinski definition) is 3. The molecular weight excluding hydrogens is 395 g/mol. The van der Waals surface area contributed by atoms with Crippen LogP contribution in [0.5, 0.6) is 0 Å². The van der Waals surface area contributed by atoms with E-state index in [0.29, 0.717) is 34.0 Å². The van der Waals surface area contributed by atoms with Crippen LogP contribution in [0.3, 0.4) is 0 Å². The summed E-state index contributed by atoms with van der Waals surface area (Å²) >= 11 is 12.7. The fourth-order valence-electron chi connectivity index (χ4n) is 4.00. The smallest absolute Gasteiger partial charge is 0.227 e. The summed E-state index contributed by atoms with van der Waals surface area (Å²) in [4.78, 5) is 27.9. The predicted molar refractivity (Wildman–Crippen MR) is 113 cm³/mol. The summed E-state index contributed by atoms with van der Waals surface area (Å²) in [7, 11) is 0. The number of carbonyl (C=O) groups excluding carboxylic acids is 2. The lowest BCUT2D eigenvalue weighted by atomic mass is 9.85. The molecule has 1 atom stereocenters. The number of hydrogen-bond donors (Lipinski definition) is 1. The van der Waals surface area contributed by atoms with Crippen LogP contribution in [0.25, 0.3) is 0 Å². The van der Waals surface area contributed by atoms with E-state index in [2.05, 4.69) is 5.32 Å². The van der Waals surface area contributed by atoms with Gasteiger partial charge in [-0.3, -0.25) is 14.5 Å². The van der Waals surface area contributed by atoms with E-state index in [4.69, 9.17) is 23.2 Å². The van der Waals surface area contributed by atoms with E-state index >= 15 is 0 Å². The third-order valence-corrected chi connectivity index (χ3v) is 5.83. The molecule has 0 fully saturated rings. The van der Waals surface area contributed by atoms with Gasteiger partial charge in [0.2, 0.25) is 5.91 Å². The predicted octanol–water partition coefficient (Wildman–Crippen LogP) is 5.91. The molecule has 0 saturated carbocycles. The van der Waals surface area contributed by atoms with Gasteiger partial charge in [0.05, 0.1) is 17.4 Å². The van der Waals surface area contributed by atoms with Gasteiger partial charge >= 0.3 is 0 Å². The van der Waals surface area contributed by atoms with Gasteiger partial charge in [0.15, 0.2) is 5.78 Å². The molecule has 1 amide bonds. The van der Waals surface area contributed by atoms with Crippen molar-refractivity contribution in [2.45, 2.75) is 38.6 Å². The third kappa shape index (κ3) is 3.21. The highest BCUT2D eigenvalue weighted by molar-refractivity contribution is 6.35. The molecule has 2 aromatic carbocycles. The maximum Gasteiger partial charge on any atom is 0.227 e. The first-order valence-corrected chi connectivity index (χ1v) is 10.2. The van der Waals surface area contributed by atoms with E-state index in [1.165, 1.54) is 0 Å². The van der Waals surface area contributed by atoms with Gasteiger partial charge in [-0.1, -0.05) is 48.3 Å². The Balaban J connectivity index is 2.03. The molecule has 6 heteroatoms. The van der Waals surface area contributed by atoms with Gasteiger partial charge in [0, 0.05) is 34.2 Å². The molecular formula is C22H20Cl2N2O2. The van der Waals surface area contributed by atoms with Crippen molar-refractivity contribution in [3.63, 3.8) is 0 Å². The standard InChI is InChI=1S/C22H20Cl2N2O2/c1-2-20(28)26-18-8-4-3-6-16(18)25-17-7-5-9-19(27)21(17)22(26)14-11-10-13(23)12-15(14)24/h3-4,6,8,10-12,22,25H,2,5,7,9H2,1H3/t22-/m0/s1. The number of Topliss-reactive ketones (excluding diaryl/α,β-unsaturated/α-hetero) is 1. The first-order chi connectivity index (χ1) is 13.5. The van der Waals surface area contributed by atoms with Gasteiger partial charge in [-0.2, -0.15) is 0 Å². The van der Waals surface area contributed by atoms with Crippen molar-refractivity contribution in [3.8, 4) is 0 Å². The van der Waals surface area contributed by atoms with Crippen LogP contribution in [0.1, 0.15) is 44.2 Å². The molecule has 1 aliphatic heterocycles. The summed E-state index contributed by atoms with van der Waals surface area (Å²) in [5, 5.41) is 4.38. The molecule has 1 heterocycles. The fourth-order valence-corrected chi connectivity index (χ4v) is 4.51. The maximum atomic E-state index is 13.1. The number of para-hydroxylation sites is 2. The molecule has 2 aliphatic rings. The van der Waals surface area contributed by atoms with E-state index < -0.39 is 6.04 Å². The Morgan fingerprint density at radius 1 is 1.18 bits per heavy atom. The molecule has 4 nitrogen and oxygen atoms in total. The second-order valence-corrected chi connectivity index (χ2v) is 7.84. The van der Waals surface area contributed by atoms with Gasteiger partial charge < -0.3 is 5.32 Å². The van der Waals surface area contributed by atoms with Crippen LogP contribution in [0, 0.1) is 0 Å². The van der Waals surface area contributed by atoms with Crippen LogP contribution >= 0.6 is 23.2 Å². The summed E-state index contributed by atoms with van der Waals surface area (Å²) < 4.78 is 0. The summed E-state index contributed by atoms with van der Waals surface area (Å²) in [5.41, 5.74) is 3.75. The highest BCUT2D eigenvalue weighted by Crippen LogP contribution is 2.46. The molecule has 0 spiro atoms. The quantitative estimate of drug-likeness (QED) is 0.664. The lowest BCUT2D eigenvalue weighted by molar-refractivity contribution is -0.118. The lowest BCUT2D eigenvalue weighted by Gasteiger charge is -2.34. The van der Waals surface area contributed by atoms with E-state index in [9.17, 15) is 9.59 Å². The zero-order valence-corrected chi connectivity index (χ0v) is 17.0. The van der Waals surface area contributed by atoms with Crippen molar-refractivity contribution >= 4 is 46.3 Å². The number of ketones is 1. The first kappa shape index (κ1) is 19.0. The SMILES string of the molecule is CCC(=O)N1c2ccccc2NC2=C(C(=O)CCC2)[C@@H]1c1ccc(Cl)cc1Cl. The van der Waals surface area contributed by atoms with E-state index in [1.54, 1.807) is 17.0 Å². The van der Waals surface area contributed by atoms with E-state index in [0.717, 1.165) is 29.9 Å². The molecule has 1 N–H and O–H groups in total. The number of benzene rings is 2. The van der Waals surface area contributed by atoms with Crippen molar-refractivity contribution in [1.29, 1.82) is 0 Å². The van der Waals surface area contributed by atoms with Crippen molar-refractivity contribution < 1.29 is 9.59 Å². The van der Waals surface area contributed by atoms with Crippen LogP contribution in [-0.4, -0.2) is 11.7 Å². The second kappa shape index (κ2) is 7.61. The molecule has 0 bridgehead atoms. The van der Waals surface area contributed by atoms with Gasteiger partial charge in [0.25, 0.3) is 0 Å². The Labute approximate surface area is 174 Å². The van der Waals surface area contributed by atoms with Gasteiger partial charge in [-0.25, -0.2) is 0 Å². The summed E-state index contributed by atoms with van der Waals surface area (Å²) in [6.45, 7) is 1.82. The number of anilines is 2.